The number of nitriles is 1. The molecule has 0 saturated carbocycles. The molecule has 1 aromatic carbocycles. The summed E-state index contributed by atoms with van der Waals surface area (Å²) >= 11 is 0. The fraction of sp³-hybridized carbons (Fsp3) is 0.409. The van der Waals surface area contributed by atoms with Crippen molar-refractivity contribution in [3.63, 3.8) is 0 Å². The summed E-state index contributed by atoms with van der Waals surface area (Å²) in [6.45, 7) is 11.3. The molecular formula is C22H26N6. The Labute approximate surface area is 166 Å². The van der Waals surface area contributed by atoms with Crippen LogP contribution in [0.25, 0.3) is 5.65 Å². The number of rotatable bonds is 3. The molecule has 0 N–H and O–H groups in total. The van der Waals surface area contributed by atoms with Crippen molar-refractivity contribution in [2.24, 2.45) is 0 Å². The van der Waals surface area contributed by atoms with Gasteiger partial charge in [0.25, 0.3) is 0 Å². The van der Waals surface area contributed by atoms with Gasteiger partial charge in [-0.1, -0.05) is 32.9 Å². The number of aromatic nitrogens is 3. The van der Waals surface area contributed by atoms with Crippen molar-refractivity contribution >= 4 is 11.5 Å². The lowest BCUT2D eigenvalue weighted by Gasteiger charge is -2.35. The predicted molar refractivity (Wildman–Crippen MR) is 110 cm³/mol. The number of piperazine rings is 1. The number of nitrogens with zero attached hydrogens (tertiary/aromatic N) is 6. The van der Waals surface area contributed by atoms with Crippen molar-refractivity contribution in [2.45, 2.75) is 32.7 Å². The van der Waals surface area contributed by atoms with Crippen LogP contribution >= 0.6 is 0 Å². The Kier molecular flexibility index (Phi) is 4.78. The van der Waals surface area contributed by atoms with Gasteiger partial charge in [0.05, 0.1) is 23.5 Å². The highest BCUT2D eigenvalue weighted by atomic mass is 15.4. The Bertz CT molecular complexity index is 998. The van der Waals surface area contributed by atoms with Crippen LogP contribution in [0.3, 0.4) is 0 Å². The zero-order valence-corrected chi connectivity index (χ0v) is 16.8. The summed E-state index contributed by atoms with van der Waals surface area (Å²) in [5.41, 5.74) is 3.94. The Balaban J connectivity index is 1.41. The first-order valence-corrected chi connectivity index (χ1v) is 9.76. The fourth-order valence-corrected chi connectivity index (χ4v) is 3.48. The van der Waals surface area contributed by atoms with Crippen molar-refractivity contribution in [2.75, 3.05) is 31.1 Å². The molecule has 0 amide bonds. The molecule has 0 unspecified atom stereocenters. The third-order valence-electron chi connectivity index (χ3n) is 5.26. The number of benzene rings is 1. The van der Waals surface area contributed by atoms with E-state index in [9.17, 15) is 0 Å². The van der Waals surface area contributed by atoms with Gasteiger partial charge in [-0.25, -0.2) is 9.50 Å². The molecule has 0 radical (unpaired) electrons. The van der Waals surface area contributed by atoms with Crippen LogP contribution in [0.1, 0.15) is 37.6 Å². The summed E-state index contributed by atoms with van der Waals surface area (Å²) in [5.74, 6) is 1.00. The van der Waals surface area contributed by atoms with Gasteiger partial charge in [-0.05, 0) is 29.8 Å². The zero-order valence-electron chi connectivity index (χ0n) is 16.8. The lowest BCUT2D eigenvalue weighted by molar-refractivity contribution is 0.249. The Morgan fingerprint density at radius 3 is 2.36 bits per heavy atom. The summed E-state index contributed by atoms with van der Waals surface area (Å²) in [6.07, 6.45) is 2.04. The van der Waals surface area contributed by atoms with Gasteiger partial charge < -0.3 is 4.90 Å². The van der Waals surface area contributed by atoms with Crippen molar-refractivity contribution in [1.29, 1.82) is 5.26 Å². The zero-order chi connectivity index (χ0) is 19.7. The quantitative estimate of drug-likeness (QED) is 0.704. The maximum absolute atomic E-state index is 8.92. The molecular weight excluding hydrogens is 348 g/mol. The third-order valence-corrected chi connectivity index (χ3v) is 5.26. The van der Waals surface area contributed by atoms with E-state index in [-0.39, 0.29) is 5.41 Å². The van der Waals surface area contributed by atoms with Crippen LogP contribution in [0.15, 0.2) is 42.6 Å². The molecule has 3 aromatic rings. The SMILES string of the molecule is CC(C)(C)c1cn2nc(N3CCN(Cc4ccc(C#N)cc4)CC3)ccc2n1. The molecule has 3 heterocycles. The Morgan fingerprint density at radius 2 is 1.71 bits per heavy atom. The lowest BCUT2D eigenvalue weighted by Crippen LogP contribution is -2.46. The van der Waals surface area contributed by atoms with E-state index < -0.39 is 0 Å². The fourth-order valence-electron chi connectivity index (χ4n) is 3.48. The van der Waals surface area contributed by atoms with Crippen LogP contribution in [-0.2, 0) is 12.0 Å². The number of imidazole rings is 1. The average Bonchev–Trinajstić information content (AvgIpc) is 3.13. The number of fused-ring (bicyclic) bond motifs is 1. The third kappa shape index (κ3) is 3.85. The highest BCUT2D eigenvalue weighted by Crippen LogP contribution is 2.22. The van der Waals surface area contributed by atoms with E-state index in [0.29, 0.717) is 5.56 Å². The second-order valence-corrected chi connectivity index (χ2v) is 8.44. The van der Waals surface area contributed by atoms with Gasteiger partial charge in [-0.3, -0.25) is 4.90 Å². The molecule has 0 atom stereocenters. The summed E-state index contributed by atoms with van der Waals surface area (Å²) in [6, 6.07) is 14.2. The molecule has 2 aromatic heterocycles. The van der Waals surface area contributed by atoms with Gasteiger partial charge >= 0.3 is 0 Å². The number of anilines is 1. The van der Waals surface area contributed by atoms with Gasteiger partial charge in [0, 0.05) is 38.1 Å². The highest BCUT2D eigenvalue weighted by molar-refractivity contribution is 5.47. The van der Waals surface area contributed by atoms with E-state index in [1.807, 2.05) is 35.0 Å². The van der Waals surface area contributed by atoms with Crippen molar-refractivity contribution in [3.05, 3.63) is 59.4 Å². The molecule has 0 bridgehead atoms. The van der Waals surface area contributed by atoms with E-state index >= 15 is 0 Å². The second kappa shape index (κ2) is 7.25. The Morgan fingerprint density at radius 1 is 1.00 bits per heavy atom. The topological polar surface area (TPSA) is 60.5 Å². The summed E-state index contributed by atoms with van der Waals surface area (Å²) in [7, 11) is 0. The second-order valence-electron chi connectivity index (χ2n) is 8.44. The average molecular weight is 374 g/mol. The van der Waals surface area contributed by atoms with E-state index in [0.717, 1.165) is 49.9 Å². The van der Waals surface area contributed by atoms with E-state index in [1.165, 1.54) is 5.56 Å². The van der Waals surface area contributed by atoms with Gasteiger partial charge in [-0.2, -0.15) is 5.26 Å². The maximum Gasteiger partial charge on any atom is 0.153 e. The van der Waals surface area contributed by atoms with E-state index in [4.69, 9.17) is 15.3 Å². The smallest absolute Gasteiger partial charge is 0.153 e. The number of hydrogen-bond acceptors (Lipinski definition) is 5. The molecule has 1 aliphatic rings. The van der Waals surface area contributed by atoms with Crippen LogP contribution < -0.4 is 4.90 Å². The van der Waals surface area contributed by atoms with Gasteiger partial charge in [0.2, 0.25) is 0 Å². The highest BCUT2D eigenvalue weighted by Gasteiger charge is 2.21. The first-order chi connectivity index (χ1) is 13.4. The van der Waals surface area contributed by atoms with Crippen molar-refractivity contribution < 1.29 is 0 Å². The molecule has 0 aliphatic carbocycles. The maximum atomic E-state index is 8.92. The molecule has 28 heavy (non-hydrogen) atoms. The van der Waals surface area contributed by atoms with Crippen molar-refractivity contribution in [1.82, 2.24) is 19.5 Å². The molecule has 1 aliphatic heterocycles. The largest absolute Gasteiger partial charge is 0.353 e. The standard InChI is InChI=1S/C22H26N6/c1-22(2,3)19-16-28-20(24-19)8-9-21(25-28)27-12-10-26(11-13-27)15-18-6-4-17(14-23)5-7-18/h4-9,16H,10-13,15H2,1-3H3. The van der Waals surface area contributed by atoms with E-state index in [1.54, 1.807) is 0 Å². The van der Waals surface area contributed by atoms with Gasteiger partial charge in [0.15, 0.2) is 5.65 Å². The first-order valence-electron chi connectivity index (χ1n) is 9.76. The van der Waals surface area contributed by atoms with Crippen LogP contribution in [0.2, 0.25) is 0 Å². The molecule has 0 spiro atoms. The Hall–Kier alpha value is -2.91. The van der Waals surface area contributed by atoms with Crippen LogP contribution in [0, 0.1) is 11.3 Å². The predicted octanol–water partition coefficient (Wildman–Crippen LogP) is 3.22. The summed E-state index contributed by atoms with van der Waals surface area (Å²) in [5, 5.41) is 13.7. The molecule has 4 rings (SSSR count). The van der Waals surface area contributed by atoms with Gasteiger partial charge in [-0.15, -0.1) is 5.10 Å². The normalized spacial score (nSPS) is 15.7. The molecule has 6 heteroatoms. The van der Waals surface area contributed by atoms with Crippen molar-refractivity contribution in [3.8, 4) is 6.07 Å². The summed E-state index contributed by atoms with van der Waals surface area (Å²) < 4.78 is 1.90. The molecule has 1 fully saturated rings. The van der Waals surface area contributed by atoms with Crippen LogP contribution in [0.5, 0.6) is 0 Å². The minimum Gasteiger partial charge on any atom is -0.353 e. The van der Waals surface area contributed by atoms with Gasteiger partial charge in [0.1, 0.15) is 5.82 Å². The molecule has 1 saturated heterocycles. The van der Waals surface area contributed by atoms with Crippen LogP contribution in [-0.4, -0.2) is 45.7 Å². The number of hydrogen-bond donors (Lipinski definition) is 0. The monoisotopic (exact) mass is 374 g/mol. The summed E-state index contributed by atoms with van der Waals surface area (Å²) in [4.78, 5) is 9.48. The first kappa shape index (κ1) is 18.5. The van der Waals surface area contributed by atoms with E-state index in [2.05, 4.69) is 48.8 Å². The van der Waals surface area contributed by atoms with Crippen LogP contribution in [0.4, 0.5) is 5.82 Å². The minimum absolute atomic E-state index is 0.0188. The molecule has 6 nitrogen and oxygen atoms in total. The molecule has 144 valence electrons. The lowest BCUT2D eigenvalue weighted by atomic mass is 9.93. The minimum atomic E-state index is 0.0188.